The lowest BCUT2D eigenvalue weighted by Crippen LogP contribution is -2.67. The van der Waals surface area contributed by atoms with Gasteiger partial charge in [0.15, 0.2) is 4.75 Å². The highest BCUT2D eigenvalue weighted by Gasteiger charge is 2.59. The molecule has 0 aromatic rings. The van der Waals surface area contributed by atoms with Crippen molar-refractivity contribution in [2.45, 2.75) is 37.9 Å². The van der Waals surface area contributed by atoms with Crippen molar-refractivity contribution in [2.24, 2.45) is 0 Å². The molecule has 1 fully saturated rings. The molecule has 0 aromatic heterocycles. The highest BCUT2D eigenvalue weighted by molar-refractivity contribution is 7.94. The van der Waals surface area contributed by atoms with E-state index in [1.165, 1.54) is 13.8 Å². The topological polar surface area (TPSA) is 74.7 Å². The molecule has 0 unspecified atom stereocenters. The summed E-state index contributed by atoms with van der Waals surface area (Å²) in [6.45, 7) is 3.20. The Morgan fingerprint density at radius 1 is 1.27 bits per heavy atom. The summed E-state index contributed by atoms with van der Waals surface area (Å²) >= 11 is 0. The molecule has 0 aromatic carbocycles. The third-order valence-corrected chi connectivity index (χ3v) is 5.09. The molecule has 1 N–H and O–H groups in total. The molecule has 6 heteroatoms. The number of aliphatic hydroxyl groups excluding tert-OH is 1. The van der Waals surface area contributed by atoms with Crippen molar-refractivity contribution in [1.82, 2.24) is 4.31 Å². The molecule has 1 heterocycles. The van der Waals surface area contributed by atoms with Crippen molar-refractivity contribution in [2.75, 3.05) is 13.2 Å². The van der Waals surface area contributed by atoms with E-state index in [-0.39, 0.29) is 19.1 Å². The van der Waals surface area contributed by atoms with Crippen LogP contribution in [-0.2, 0) is 14.8 Å². The maximum absolute atomic E-state index is 11.6. The van der Waals surface area contributed by atoms with Crippen LogP contribution >= 0.6 is 0 Å². The van der Waals surface area contributed by atoms with Gasteiger partial charge in [0.05, 0.1) is 0 Å². The lowest BCUT2D eigenvalue weighted by Gasteiger charge is -2.43. The van der Waals surface area contributed by atoms with Crippen molar-refractivity contribution < 1.29 is 18.3 Å². The van der Waals surface area contributed by atoms with E-state index in [4.69, 9.17) is 5.11 Å². The van der Waals surface area contributed by atoms with Gasteiger partial charge in [0.25, 0.3) is 15.9 Å². The van der Waals surface area contributed by atoms with Gasteiger partial charge >= 0.3 is 0 Å². The van der Waals surface area contributed by atoms with Crippen LogP contribution in [0.2, 0.25) is 0 Å². The van der Waals surface area contributed by atoms with Crippen LogP contribution in [0.1, 0.15) is 33.1 Å². The summed E-state index contributed by atoms with van der Waals surface area (Å²) in [5, 5.41) is 8.54. The molecule has 0 saturated carbocycles. The van der Waals surface area contributed by atoms with E-state index in [2.05, 4.69) is 0 Å². The van der Waals surface area contributed by atoms with E-state index < -0.39 is 14.8 Å². The first-order valence-electron chi connectivity index (χ1n) is 5.03. The van der Waals surface area contributed by atoms with Gasteiger partial charge in [-0.05, 0) is 33.1 Å². The minimum atomic E-state index is -3.42. The second kappa shape index (κ2) is 4.09. The predicted octanol–water partition coefficient (Wildman–Crippen LogP) is 0.0996. The summed E-state index contributed by atoms with van der Waals surface area (Å²) in [6, 6.07) is 0. The first-order valence-corrected chi connectivity index (χ1v) is 6.47. The van der Waals surface area contributed by atoms with Crippen LogP contribution in [0.25, 0.3) is 0 Å². The lowest BCUT2D eigenvalue weighted by molar-refractivity contribution is -0.132. The normalized spacial score (nSPS) is 22.6. The first kappa shape index (κ1) is 12.4. The Morgan fingerprint density at radius 2 is 1.87 bits per heavy atom. The molecule has 1 saturated heterocycles. The number of sulfonamides is 1. The molecule has 1 rings (SSSR count). The number of nitrogens with zero attached hydrogens (tertiary/aromatic N) is 1. The number of hydrogen-bond acceptors (Lipinski definition) is 4. The first-order chi connectivity index (χ1) is 6.85. The summed E-state index contributed by atoms with van der Waals surface area (Å²) in [6.07, 6.45) is 1.99. The Labute approximate surface area is 90.1 Å². The second-order valence-electron chi connectivity index (χ2n) is 4.18. The zero-order valence-electron chi connectivity index (χ0n) is 9.06. The molecule has 1 amide bonds. The van der Waals surface area contributed by atoms with Crippen LogP contribution in [0.4, 0.5) is 0 Å². The van der Waals surface area contributed by atoms with Crippen LogP contribution in [0.15, 0.2) is 0 Å². The maximum atomic E-state index is 11.6. The van der Waals surface area contributed by atoms with Crippen LogP contribution in [0, 0.1) is 0 Å². The third-order valence-electron chi connectivity index (χ3n) is 2.70. The highest BCUT2D eigenvalue weighted by Crippen LogP contribution is 2.34. The highest BCUT2D eigenvalue weighted by atomic mass is 32.2. The molecular weight excluding hydrogens is 218 g/mol. The number of carbonyl (C=O) groups excluding carboxylic acids is 1. The molecule has 0 radical (unpaired) electrons. The third kappa shape index (κ3) is 1.88. The van der Waals surface area contributed by atoms with Crippen LogP contribution in [-0.4, -0.2) is 41.6 Å². The monoisotopic (exact) mass is 235 g/mol. The number of carbonyl (C=O) groups is 1. The smallest absolute Gasteiger partial charge is 0.258 e. The van der Waals surface area contributed by atoms with Gasteiger partial charge < -0.3 is 5.11 Å². The molecule has 1 aliphatic heterocycles. The Kier molecular flexibility index (Phi) is 3.40. The molecule has 1 aliphatic rings. The molecule has 5 nitrogen and oxygen atoms in total. The second-order valence-corrected chi connectivity index (χ2v) is 6.59. The van der Waals surface area contributed by atoms with Crippen LogP contribution in [0.3, 0.4) is 0 Å². The fraction of sp³-hybridized carbons (Fsp3) is 0.889. The maximum Gasteiger partial charge on any atom is 0.258 e. The summed E-state index contributed by atoms with van der Waals surface area (Å²) < 4.78 is 22.9. The Balaban J connectivity index is 2.49. The zero-order valence-corrected chi connectivity index (χ0v) is 9.88. The molecule has 15 heavy (non-hydrogen) atoms. The lowest BCUT2D eigenvalue weighted by atomic mass is 10.1. The van der Waals surface area contributed by atoms with Crippen molar-refractivity contribution in [3.63, 3.8) is 0 Å². The van der Waals surface area contributed by atoms with Crippen molar-refractivity contribution >= 4 is 15.9 Å². The van der Waals surface area contributed by atoms with E-state index in [1.54, 1.807) is 0 Å². The van der Waals surface area contributed by atoms with Gasteiger partial charge in [-0.25, -0.2) is 12.7 Å². The van der Waals surface area contributed by atoms with Crippen LogP contribution < -0.4 is 0 Å². The minimum absolute atomic E-state index is 0.103. The van der Waals surface area contributed by atoms with Gasteiger partial charge in [-0.15, -0.1) is 0 Å². The van der Waals surface area contributed by atoms with E-state index >= 15 is 0 Å². The Bertz CT molecular complexity index is 347. The number of rotatable bonds is 5. The quantitative estimate of drug-likeness (QED) is 0.686. The van der Waals surface area contributed by atoms with E-state index in [1.807, 2.05) is 0 Å². The summed E-state index contributed by atoms with van der Waals surface area (Å²) in [7, 11) is -3.42. The van der Waals surface area contributed by atoms with Gasteiger partial charge in [0.2, 0.25) is 0 Å². The van der Waals surface area contributed by atoms with Gasteiger partial charge in [-0.1, -0.05) is 0 Å². The molecule has 0 atom stereocenters. The number of unbranched alkanes of at least 4 members (excludes halogenated alkanes) is 2. The van der Waals surface area contributed by atoms with Crippen molar-refractivity contribution in [3.05, 3.63) is 0 Å². The number of aliphatic hydroxyl groups is 1. The minimum Gasteiger partial charge on any atom is -0.396 e. The summed E-state index contributed by atoms with van der Waals surface area (Å²) in [4.78, 5) is 11.5. The summed E-state index contributed by atoms with van der Waals surface area (Å²) in [5.41, 5.74) is 0. The molecule has 0 bridgehead atoms. The number of amides is 1. The van der Waals surface area contributed by atoms with Gasteiger partial charge in [0, 0.05) is 13.2 Å². The average Bonchev–Trinajstić information content (AvgIpc) is 2.16. The standard InChI is InChI=1S/C9H17NO4S/c1-9(2)8(12)10(15(9,13)14)6-4-3-5-7-11/h11H,3-7H2,1-2H3. The SMILES string of the molecule is CC1(C)C(=O)N(CCCCCO)S1(=O)=O. The predicted molar refractivity (Wildman–Crippen MR) is 55.6 cm³/mol. The fourth-order valence-electron chi connectivity index (χ4n) is 1.52. The zero-order chi connectivity index (χ0) is 11.7. The van der Waals surface area contributed by atoms with Crippen LogP contribution in [0.5, 0.6) is 0 Å². The van der Waals surface area contributed by atoms with Gasteiger partial charge in [-0.2, -0.15) is 0 Å². The van der Waals surface area contributed by atoms with Crippen molar-refractivity contribution in [1.29, 1.82) is 0 Å². The van der Waals surface area contributed by atoms with E-state index in [0.717, 1.165) is 10.7 Å². The molecular formula is C9H17NO4S. The largest absolute Gasteiger partial charge is 0.396 e. The molecule has 0 aliphatic carbocycles. The summed E-state index contributed by atoms with van der Waals surface area (Å²) in [5.74, 6) is -0.327. The number of hydrogen-bond donors (Lipinski definition) is 1. The van der Waals surface area contributed by atoms with Gasteiger partial charge in [-0.3, -0.25) is 4.79 Å². The average molecular weight is 235 g/mol. The molecule has 0 spiro atoms. The van der Waals surface area contributed by atoms with E-state index in [9.17, 15) is 13.2 Å². The molecule has 88 valence electrons. The Hall–Kier alpha value is -0.620. The Morgan fingerprint density at radius 3 is 2.33 bits per heavy atom. The fourth-order valence-corrected chi connectivity index (χ4v) is 3.09. The van der Waals surface area contributed by atoms with Crippen molar-refractivity contribution in [3.8, 4) is 0 Å². The van der Waals surface area contributed by atoms with E-state index in [0.29, 0.717) is 12.8 Å². The van der Waals surface area contributed by atoms with Gasteiger partial charge in [0.1, 0.15) is 0 Å².